The van der Waals surface area contributed by atoms with Crippen molar-refractivity contribution >= 4 is 23.5 Å². The number of hydrogen-bond donors (Lipinski definition) is 2. The molecule has 1 fully saturated rings. The van der Waals surface area contributed by atoms with Gasteiger partial charge >= 0.3 is 6.01 Å². The van der Waals surface area contributed by atoms with Crippen LogP contribution in [0.2, 0.25) is 0 Å². The maximum atomic E-state index is 12.1. The summed E-state index contributed by atoms with van der Waals surface area (Å²) in [6.45, 7) is 2.07. The van der Waals surface area contributed by atoms with Gasteiger partial charge in [-0.2, -0.15) is 4.98 Å². The molecule has 1 aliphatic carbocycles. The van der Waals surface area contributed by atoms with E-state index in [4.69, 9.17) is 4.42 Å². The predicted octanol–water partition coefficient (Wildman–Crippen LogP) is 2.84. The van der Waals surface area contributed by atoms with Crippen molar-refractivity contribution in [2.24, 2.45) is 5.92 Å². The Morgan fingerprint density at radius 1 is 1.23 bits per heavy atom. The lowest BCUT2D eigenvalue weighted by Crippen LogP contribution is -2.15. The molecular formula is C16H17N3O3. The van der Waals surface area contributed by atoms with E-state index in [2.05, 4.69) is 22.5 Å². The van der Waals surface area contributed by atoms with Gasteiger partial charge in [0.1, 0.15) is 6.26 Å². The molecule has 114 valence electrons. The van der Waals surface area contributed by atoms with Crippen LogP contribution in [0.15, 0.2) is 34.9 Å². The van der Waals surface area contributed by atoms with Gasteiger partial charge in [-0.25, -0.2) is 0 Å². The summed E-state index contributed by atoms with van der Waals surface area (Å²) in [7, 11) is 0. The van der Waals surface area contributed by atoms with Crippen LogP contribution < -0.4 is 10.6 Å². The zero-order chi connectivity index (χ0) is 15.5. The molecule has 0 atom stereocenters. The molecular weight excluding hydrogens is 282 g/mol. The van der Waals surface area contributed by atoms with Crippen molar-refractivity contribution in [1.82, 2.24) is 4.98 Å². The van der Waals surface area contributed by atoms with E-state index in [0.717, 1.165) is 19.3 Å². The highest BCUT2D eigenvalue weighted by atomic mass is 16.4. The number of rotatable bonds is 5. The topological polar surface area (TPSA) is 84.2 Å². The molecule has 6 heteroatoms. The van der Waals surface area contributed by atoms with Crippen molar-refractivity contribution in [3.63, 3.8) is 0 Å². The Hall–Kier alpha value is -2.63. The highest BCUT2D eigenvalue weighted by molar-refractivity contribution is 6.03. The first-order valence-electron chi connectivity index (χ1n) is 7.32. The number of hydrogen-bond acceptors (Lipinski definition) is 4. The van der Waals surface area contributed by atoms with E-state index in [9.17, 15) is 9.59 Å². The number of carbonyl (C=O) groups is 2. The van der Waals surface area contributed by atoms with E-state index in [0.29, 0.717) is 5.69 Å². The molecule has 2 aromatic rings. The summed E-state index contributed by atoms with van der Waals surface area (Å²) in [6.07, 6.45) is 3.97. The summed E-state index contributed by atoms with van der Waals surface area (Å²) in [6, 6.07) is 7.65. The molecule has 0 saturated heterocycles. The predicted molar refractivity (Wildman–Crippen MR) is 81.6 cm³/mol. The van der Waals surface area contributed by atoms with Crippen LogP contribution in [0.5, 0.6) is 0 Å². The average molecular weight is 299 g/mol. The number of oxazole rings is 1. The minimum Gasteiger partial charge on any atom is -0.431 e. The fraction of sp³-hybridized carbons (Fsp3) is 0.312. The molecule has 1 aromatic carbocycles. The molecule has 1 heterocycles. The van der Waals surface area contributed by atoms with Crippen LogP contribution in [0.4, 0.5) is 11.7 Å². The normalized spacial score (nSPS) is 13.7. The molecule has 1 aromatic heterocycles. The number of nitrogens with zero attached hydrogens (tertiary/aromatic N) is 1. The summed E-state index contributed by atoms with van der Waals surface area (Å²) in [4.78, 5) is 27.6. The number of nitrogens with one attached hydrogen (secondary N) is 2. The van der Waals surface area contributed by atoms with Crippen molar-refractivity contribution in [3.8, 4) is 0 Å². The first-order valence-corrected chi connectivity index (χ1v) is 7.32. The van der Waals surface area contributed by atoms with Crippen LogP contribution in [0.3, 0.4) is 0 Å². The van der Waals surface area contributed by atoms with Crippen LogP contribution in [0, 0.1) is 5.92 Å². The second kappa shape index (κ2) is 6.01. The molecule has 0 unspecified atom stereocenters. The molecule has 0 bridgehead atoms. The molecule has 1 saturated carbocycles. The molecule has 6 nitrogen and oxygen atoms in total. The van der Waals surface area contributed by atoms with Crippen molar-refractivity contribution < 1.29 is 14.0 Å². The lowest BCUT2D eigenvalue weighted by Gasteiger charge is -2.03. The van der Waals surface area contributed by atoms with Crippen LogP contribution in [-0.4, -0.2) is 16.8 Å². The number of anilines is 2. The van der Waals surface area contributed by atoms with E-state index >= 15 is 0 Å². The van der Waals surface area contributed by atoms with E-state index in [1.54, 1.807) is 0 Å². The van der Waals surface area contributed by atoms with Crippen molar-refractivity contribution in [2.75, 3.05) is 10.6 Å². The maximum absolute atomic E-state index is 12.1. The van der Waals surface area contributed by atoms with Crippen molar-refractivity contribution in [2.45, 2.75) is 26.2 Å². The highest BCUT2D eigenvalue weighted by Gasteiger charge is 2.30. The molecule has 2 N–H and O–H groups in total. The minimum absolute atomic E-state index is 0.0567. The Balaban J connectivity index is 1.61. The number of carbonyl (C=O) groups excluding carboxylic acids is 2. The van der Waals surface area contributed by atoms with Crippen LogP contribution in [0.1, 0.15) is 35.8 Å². The molecule has 2 amide bonds. The zero-order valence-corrected chi connectivity index (χ0v) is 12.3. The van der Waals surface area contributed by atoms with E-state index in [1.807, 2.05) is 24.3 Å². The molecule has 0 radical (unpaired) electrons. The number of benzene rings is 1. The summed E-state index contributed by atoms with van der Waals surface area (Å²) in [5, 5.41) is 5.30. The lowest BCUT2D eigenvalue weighted by molar-refractivity contribution is -0.117. The van der Waals surface area contributed by atoms with Gasteiger partial charge in [-0.3, -0.25) is 14.9 Å². The van der Waals surface area contributed by atoms with E-state index < -0.39 is 0 Å². The lowest BCUT2D eigenvalue weighted by atomic mass is 10.1. The van der Waals surface area contributed by atoms with Gasteiger partial charge in [0.05, 0.1) is 0 Å². The second-order valence-corrected chi connectivity index (χ2v) is 5.31. The Morgan fingerprint density at radius 3 is 2.59 bits per heavy atom. The summed E-state index contributed by atoms with van der Waals surface area (Å²) < 4.78 is 5.10. The standard InChI is InChI=1S/C16H17N3O3/c1-2-10-3-7-12(8-4-10)17-15(21)13-9-22-16(18-13)19-14(20)11-5-6-11/h3-4,7-9,11H,2,5-6H2,1H3,(H,17,21)(H,18,19,20). The van der Waals surface area contributed by atoms with Crippen molar-refractivity contribution in [3.05, 3.63) is 41.8 Å². The second-order valence-electron chi connectivity index (χ2n) is 5.31. The minimum atomic E-state index is -0.375. The Morgan fingerprint density at radius 2 is 1.95 bits per heavy atom. The SMILES string of the molecule is CCc1ccc(NC(=O)c2coc(NC(=O)C3CC3)n2)cc1. The van der Waals surface area contributed by atoms with Gasteiger partial charge in [0.25, 0.3) is 5.91 Å². The number of amides is 2. The Kier molecular flexibility index (Phi) is 3.91. The Labute approximate surface area is 127 Å². The third kappa shape index (κ3) is 3.33. The third-order valence-electron chi connectivity index (χ3n) is 3.54. The fourth-order valence-electron chi connectivity index (χ4n) is 2.01. The van der Waals surface area contributed by atoms with Crippen LogP contribution in [-0.2, 0) is 11.2 Å². The van der Waals surface area contributed by atoms with Crippen LogP contribution in [0.25, 0.3) is 0 Å². The Bertz CT molecular complexity index is 687. The monoisotopic (exact) mass is 299 g/mol. The van der Waals surface area contributed by atoms with Gasteiger partial charge in [-0.1, -0.05) is 19.1 Å². The first kappa shape index (κ1) is 14.3. The smallest absolute Gasteiger partial charge is 0.302 e. The van der Waals surface area contributed by atoms with E-state index in [-0.39, 0.29) is 29.4 Å². The molecule has 0 aliphatic heterocycles. The molecule has 3 rings (SSSR count). The average Bonchev–Trinajstić information content (AvgIpc) is 3.28. The number of aromatic nitrogens is 1. The van der Waals surface area contributed by atoms with E-state index in [1.165, 1.54) is 11.8 Å². The van der Waals surface area contributed by atoms with Gasteiger partial charge in [0.2, 0.25) is 5.91 Å². The van der Waals surface area contributed by atoms with Gasteiger partial charge in [-0.05, 0) is 37.0 Å². The summed E-state index contributed by atoms with van der Waals surface area (Å²) in [5.74, 6) is -0.426. The fourth-order valence-corrected chi connectivity index (χ4v) is 2.01. The maximum Gasteiger partial charge on any atom is 0.302 e. The van der Waals surface area contributed by atoms with Gasteiger partial charge in [0, 0.05) is 11.6 Å². The summed E-state index contributed by atoms with van der Waals surface area (Å²) >= 11 is 0. The largest absolute Gasteiger partial charge is 0.431 e. The first-order chi connectivity index (χ1) is 10.7. The third-order valence-corrected chi connectivity index (χ3v) is 3.54. The quantitative estimate of drug-likeness (QED) is 0.889. The van der Waals surface area contributed by atoms with Gasteiger partial charge in [-0.15, -0.1) is 0 Å². The van der Waals surface area contributed by atoms with Gasteiger partial charge < -0.3 is 9.73 Å². The van der Waals surface area contributed by atoms with Crippen molar-refractivity contribution in [1.29, 1.82) is 0 Å². The number of aryl methyl sites for hydroxylation is 1. The zero-order valence-electron chi connectivity index (χ0n) is 12.3. The summed E-state index contributed by atoms with van der Waals surface area (Å²) in [5.41, 5.74) is 2.02. The van der Waals surface area contributed by atoms with Gasteiger partial charge in [0.15, 0.2) is 5.69 Å². The van der Waals surface area contributed by atoms with Crippen LogP contribution >= 0.6 is 0 Å². The highest BCUT2D eigenvalue weighted by Crippen LogP contribution is 2.30. The molecule has 22 heavy (non-hydrogen) atoms. The molecule has 1 aliphatic rings. The molecule has 0 spiro atoms.